The number of rotatable bonds is 5. The van der Waals surface area contributed by atoms with Crippen molar-refractivity contribution in [2.45, 2.75) is 19.8 Å². The molecule has 8 nitrogen and oxygen atoms in total. The third-order valence-corrected chi connectivity index (χ3v) is 7.34. The number of hydrogen-bond acceptors (Lipinski definition) is 7. The summed E-state index contributed by atoms with van der Waals surface area (Å²) in [7, 11) is 0. The number of pyridine rings is 1. The Labute approximate surface area is 208 Å². The lowest BCUT2D eigenvalue weighted by Gasteiger charge is -2.14. The summed E-state index contributed by atoms with van der Waals surface area (Å²) in [6, 6.07) is 8.57. The van der Waals surface area contributed by atoms with E-state index in [2.05, 4.69) is 15.3 Å². The van der Waals surface area contributed by atoms with Crippen molar-refractivity contribution in [3.63, 3.8) is 0 Å². The van der Waals surface area contributed by atoms with E-state index in [1.54, 1.807) is 29.2 Å². The van der Waals surface area contributed by atoms with Crippen molar-refractivity contribution in [3.8, 4) is 27.5 Å². The van der Waals surface area contributed by atoms with Crippen LogP contribution in [0.4, 0.5) is 9.93 Å². The van der Waals surface area contributed by atoms with Crippen molar-refractivity contribution >= 4 is 51.0 Å². The van der Waals surface area contributed by atoms with Gasteiger partial charge in [0.25, 0.3) is 5.24 Å². The lowest BCUT2D eigenvalue weighted by molar-refractivity contribution is 0.0697. The molecule has 0 atom stereocenters. The fraction of sp³-hybridized carbons (Fsp3) is 0.174. The summed E-state index contributed by atoms with van der Waals surface area (Å²) in [5, 5.41) is 17.6. The van der Waals surface area contributed by atoms with Gasteiger partial charge in [-0.2, -0.15) is 5.10 Å². The van der Waals surface area contributed by atoms with Gasteiger partial charge in [-0.3, -0.25) is 15.1 Å². The zero-order chi connectivity index (χ0) is 23.8. The maximum absolute atomic E-state index is 12.1. The van der Waals surface area contributed by atoms with Crippen molar-refractivity contribution in [2.75, 3.05) is 11.1 Å². The van der Waals surface area contributed by atoms with Crippen LogP contribution in [-0.2, 0) is 12.8 Å². The number of carbonyl (C=O) groups is 2. The van der Waals surface area contributed by atoms with E-state index in [4.69, 9.17) is 16.7 Å². The maximum atomic E-state index is 12.1. The maximum Gasteiger partial charge on any atom is 0.337 e. The first-order valence-corrected chi connectivity index (χ1v) is 12.6. The Balaban J connectivity index is 1.68. The molecule has 0 aliphatic heterocycles. The Kier molecular flexibility index (Phi) is 6.11. The van der Waals surface area contributed by atoms with Gasteiger partial charge >= 0.3 is 5.97 Å². The molecule has 3 aromatic heterocycles. The van der Waals surface area contributed by atoms with Crippen LogP contribution >= 0.6 is 34.7 Å². The quantitative estimate of drug-likeness (QED) is 0.348. The molecule has 2 N–H and O–H groups in total. The van der Waals surface area contributed by atoms with Crippen molar-refractivity contribution in [1.82, 2.24) is 19.7 Å². The zero-order valence-corrected chi connectivity index (χ0v) is 20.3. The molecule has 0 unspecified atom stereocenters. The van der Waals surface area contributed by atoms with Crippen LogP contribution in [-0.4, -0.2) is 41.8 Å². The average Bonchev–Trinajstić information content (AvgIpc) is 3.40. The lowest BCUT2D eigenvalue weighted by Crippen LogP contribution is -2.07. The average molecular weight is 512 g/mol. The Morgan fingerprint density at radius 3 is 2.85 bits per heavy atom. The van der Waals surface area contributed by atoms with E-state index in [-0.39, 0.29) is 15.8 Å². The number of thiazole rings is 1. The molecule has 0 spiro atoms. The predicted octanol–water partition coefficient (Wildman–Crippen LogP) is 5.79. The van der Waals surface area contributed by atoms with Crippen LogP contribution in [0, 0.1) is 0 Å². The first kappa shape index (κ1) is 22.6. The van der Waals surface area contributed by atoms with Gasteiger partial charge in [-0.25, -0.2) is 14.5 Å². The fourth-order valence-electron chi connectivity index (χ4n) is 3.91. The van der Waals surface area contributed by atoms with Gasteiger partial charge in [-0.1, -0.05) is 41.6 Å². The number of nitrogens with zero attached hydrogens (tertiary/aromatic N) is 4. The minimum absolute atomic E-state index is 0.0239. The molecule has 5 rings (SSSR count). The second kappa shape index (κ2) is 9.21. The molecule has 0 saturated heterocycles. The monoisotopic (exact) mass is 511 g/mol. The van der Waals surface area contributed by atoms with Crippen molar-refractivity contribution in [3.05, 3.63) is 64.6 Å². The minimum atomic E-state index is -1.09. The smallest absolute Gasteiger partial charge is 0.337 e. The molecule has 4 aromatic rings. The van der Waals surface area contributed by atoms with Crippen molar-refractivity contribution < 1.29 is 14.7 Å². The molecule has 34 heavy (non-hydrogen) atoms. The summed E-state index contributed by atoms with van der Waals surface area (Å²) in [4.78, 5) is 33.4. The van der Waals surface area contributed by atoms with Crippen molar-refractivity contribution in [2.24, 2.45) is 0 Å². The number of hydrogen-bond donors (Lipinski definition) is 2. The SMILES string of the molecule is CCSC(=O)Nc1nc2c(s1)-c1c(c(-c3cccnc3)nn1-c1ccc(C(=O)O)c(Cl)c1)CC2. The van der Waals surface area contributed by atoms with Crippen LogP contribution in [0.25, 0.3) is 27.5 Å². The van der Waals surface area contributed by atoms with E-state index in [1.165, 1.54) is 29.2 Å². The second-order valence-corrected chi connectivity index (χ2v) is 10.1. The molecule has 3 heterocycles. The van der Waals surface area contributed by atoms with Crippen LogP contribution in [0.2, 0.25) is 5.02 Å². The third kappa shape index (κ3) is 4.08. The van der Waals surface area contributed by atoms with E-state index in [0.717, 1.165) is 33.1 Å². The molecule has 11 heteroatoms. The number of carboxylic acid groups (broad SMARTS) is 1. The summed E-state index contributed by atoms with van der Waals surface area (Å²) in [5.41, 5.74) is 5.13. The number of aromatic nitrogens is 4. The molecule has 1 aliphatic rings. The number of aryl methyl sites for hydroxylation is 1. The van der Waals surface area contributed by atoms with Crippen LogP contribution in [0.1, 0.15) is 28.5 Å². The zero-order valence-electron chi connectivity index (χ0n) is 17.9. The number of halogens is 1. The van der Waals surface area contributed by atoms with E-state index in [1.807, 2.05) is 19.1 Å². The largest absolute Gasteiger partial charge is 0.478 e. The number of aromatic carboxylic acids is 1. The van der Waals surface area contributed by atoms with Gasteiger partial charge in [0.2, 0.25) is 0 Å². The normalized spacial score (nSPS) is 12.2. The molecule has 0 bridgehead atoms. The summed E-state index contributed by atoms with van der Waals surface area (Å²) in [6.45, 7) is 1.92. The Bertz CT molecular complexity index is 1420. The van der Waals surface area contributed by atoms with E-state index in [0.29, 0.717) is 29.4 Å². The Morgan fingerprint density at radius 2 is 2.15 bits per heavy atom. The van der Waals surface area contributed by atoms with Gasteiger partial charge in [-0.05, 0) is 48.9 Å². The highest BCUT2D eigenvalue weighted by Crippen LogP contribution is 2.44. The van der Waals surface area contributed by atoms with E-state index < -0.39 is 5.97 Å². The second-order valence-electron chi connectivity index (χ2n) is 7.44. The molecule has 1 aromatic carbocycles. The van der Waals surface area contributed by atoms with Gasteiger partial charge in [0.05, 0.1) is 38.2 Å². The fourth-order valence-corrected chi connectivity index (χ4v) is 5.72. The number of fused-ring (bicyclic) bond motifs is 3. The molecule has 0 saturated carbocycles. The standard InChI is InChI=1S/C23H18ClN5O3S2/c1-2-33-23(32)27-22-26-17-8-7-15-18(12-4-3-9-25-11-12)28-29(19(15)20(17)34-22)13-5-6-14(21(30)31)16(24)10-13/h3-6,9-11H,2,7-8H2,1H3,(H,30,31)(H,26,27,32). The summed E-state index contributed by atoms with van der Waals surface area (Å²) < 4.78 is 1.78. The van der Waals surface area contributed by atoms with Crippen molar-refractivity contribution in [1.29, 1.82) is 0 Å². The highest BCUT2D eigenvalue weighted by molar-refractivity contribution is 8.13. The summed E-state index contributed by atoms with van der Waals surface area (Å²) in [6.07, 6.45) is 4.91. The Morgan fingerprint density at radius 1 is 1.29 bits per heavy atom. The first-order valence-electron chi connectivity index (χ1n) is 10.5. The van der Waals surface area contributed by atoms with Crippen LogP contribution in [0.3, 0.4) is 0 Å². The number of thioether (sulfide) groups is 1. The molecular weight excluding hydrogens is 494 g/mol. The van der Waals surface area contributed by atoms with Gasteiger partial charge < -0.3 is 5.11 Å². The number of nitrogens with one attached hydrogen (secondary N) is 1. The van der Waals surface area contributed by atoms with E-state index >= 15 is 0 Å². The predicted molar refractivity (Wildman–Crippen MR) is 134 cm³/mol. The number of anilines is 1. The highest BCUT2D eigenvalue weighted by Gasteiger charge is 2.30. The number of benzene rings is 1. The molecule has 0 fully saturated rings. The van der Waals surface area contributed by atoms with Gasteiger partial charge in [0.1, 0.15) is 0 Å². The number of amides is 1. The first-order chi connectivity index (χ1) is 16.5. The minimum Gasteiger partial charge on any atom is -0.478 e. The molecule has 1 aliphatic carbocycles. The molecule has 0 radical (unpaired) electrons. The number of carbonyl (C=O) groups excluding carboxylic acids is 1. The molecule has 1 amide bonds. The van der Waals surface area contributed by atoms with Gasteiger partial charge in [0.15, 0.2) is 5.13 Å². The number of carboxylic acids is 1. The Hall–Kier alpha value is -3.21. The molecule has 172 valence electrons. The molecular formula is C23H18ClN5O3S2. The van der Waals surface area contributed by atoms with E-state index in [9.17, 15) is 14.7 Å². The summed E-state index contributed by atoms with van der Waals surface area (Å²) >= 11 is 8.88. The summed E-state index contributed by atoms with van der Waals surface area (Å²) in [5.74, 6) is -0.416. The van der Waals surface area contributed by atoms with Gasteiger partial charge in [-0.15, -0.1) is 0 Å². The van der Waals surface area contributed by atoms with Crippen LogP contribution < -0.4 is 5.32 Å². The highest BCUT2D eigenvalue weighted by atomic mass is 35.5. The van der Waals surface area contributed by atoms with Gasteiger partial charge in [0, 0.05) is 23.5 Å². The lowest BCUT2D eigenvalue weighted by atomic mass is 9.95. The topological polar surface area (TPSA) is 110 Å². The van der Waals surface area contributed by atoms with Crippen LogP contribution in [0.5, 0.6) is 0 Å². The third-order valence-electron chi connectivity index (χ3n) is 5.35. The van der Waals surface area contributed by atoms with Crippen LogP contribution in [0.15, 0.2) is 42.7 Å².